The molecular weight excluding hydrogens is 318 g/mol. The number of piperidine rings is 1. The van der Waals surface area contributed by atoms with Gasteiger partial charge in [0.2, 0.25) is 5.88 Å². The van der Waals surface area contributed by atoms with Gasteiger partial charge in [-0.25, -0.2) is 4.98 Å². The molecule has 25 heavy (non-hydrogen) atoms. The van der Waals surface area contributed by atoms with Gasteiger partial charge in [-0.1, -0.05) is 0 Å². The fourth-order valence-electron chi connectivity index (χ4n) is 3.64. The van der Waals surface area contributed by atoms with Gasteiger partial charge in [-0.15, -0.1) is 5.10 Å². The number of methoxy groups -OCH3 is 1. The molecule has 1 fully saturated rings. The fraction of sp³-hybridized carbons (Fsp3) is 0.389. The topological polar surface area (TPSA) is 76.0 Å². The summed E-state index contributed by atoms with van der Waals surface area (Å²) in [6.45, 7) is 1.46. The van der Waals surface area contributed by atoms with Crippen LogP contribution in [0.5, 0.6) is 5.88 Å². The van der Waals surface area contributed by atoms with Crippen molar-refractivity contribution in [1.82, 2.24) is 24.6 Å². The minimum atomic E-state index is -0.0102. The standard InChI is InChI=1S/C18H21N5O2/c1-22-11-15(17(21-22)25-2)18(24)23-8-5-12(6-9-23)14-10-20-16-13(14)4-3-7-19-16/h3-4,7,10-12H,5-6,8-9H2,1-2H3,(H,19,20). The Morgan fingerprint density at radius 3 is 2.92 bits per heavy atom. The normalized spacial score (nSPS) is 15.7. The zero-order valence-corrected chi connectivity index (χ0v) is 14.4. The highest BCUT2D eigenvalue weighted by Gasteiger charge is 2.28. The van der Waals surface area contributed by atoms with E-state index in [0.29, 0.717) is 17.4 Å². The van der Waals surface area contributed by atoms with E-state index in [-0.39, 0.29) is 5.91 Å². The zero-order valence-electron chi connectivity index (χ0n) is 14.4. The van der Waals surface area contributed by atoms with E-state index in [9.17, 15) is 4.79 Å². The van der Waals surface area contributed by atoms with Crippen LogP contribution in [0.4, 0.5) is 0 Å². The van der Waals surface area contributed by atoms with Gasteiger partial charge in [0.05, 0.1) is 7.11 Å². The highest BCUT2D eigenvalue weighted by atomic mass is 16.5. The van der Waals surface area contributed by atoms with E-state index in [1.54, 1.807) is 24.1 Å². The zero-order chi connectivity index (χ0) is 17.4. The molecule has 4 heterocycles. The number of aromatic amines is 1. The Morgan fingerprint density at radius 2 is 2.16 bits per heavy atom. The van der Waals surface area contributed by atoms with Gasteiger partial charge in [-0.3, -0.25) is 9.48 Å². The number of carbonyl (C=O) groups excluding carboxylic acids is 1. The third-order valence-corrected chi connectivity index (χ3v) is 4.92. The Morgan fingerprint density at radius 1 is 1.36 bits per heavy atom. The summed E-state index contributed by atoms with van der Waals surface area (Å²) in [5.41, 5.74) is 2.75. The monoisotopic (exact) mass is 339 g/mol. The Labute approximate surface area is 145 Å². The highest BCUT2D eigenvalue weighted by Crippen LogP contribution is 2.33. The van der Waals surface area contributed by atoms with Gasteiger partial charge < -0.3 is 14.6 Å². The third kappa shape index (κ3) is 2.75. The summed E-state index contributed by atoms with van der Waals surface area (Å²) >= 11 is 0. The first-order valence-corrected chi connectivity index (χ1v) is 8.46. The van der Waals surface area contributed by atoms with Gasteiger partial charge >= 0.3 is 0 Å². The Kier molecular flexibility index (Phi) is 3.91. The van der Waals surface area contributed by atoms with Crippen LogP contribution in [0.25, 0.3) is 11.0 Å². The number of nitrogens with one attached hydrogen (secondary N) is 1. The average Bonchev–Trinajstić information content (AvgIpc) is 3.24. The molecule has 0 radical (unpaired) electrons. The van der Waals surface area contributed by atoms with Crippen molar-refractivity contribution < 1.29 is 9.53 Å². The summed E-state index contributed by atoms with van der Waals surface area (Å²) in [6.07, 6.45) is 7.46. The number of ether oxygens (including phenoxy) is 1. The molecule has 3 aromatic rings. The van der Waals surface area contributed by atoms with Crippen molar-refractivity contribution in [3.05, 3.63) is 41.9 Å². The molecule has 1 amide bonds. The average molecular weight is 339 g/mol. The Hall–Kier alpha value is -2.83. The first-order chi connectivity index (χ1) is 12.2. The molecule has 0 aromatic carbocycles. The second-order valence-corrected chi connectivity index (χ2v) is 6.44. The van der Waals surface area contributed by atoms with Crippen LogP contribution in [0.2, 0.25) is 0 Å². The van der Waals surface area contributed by atoms with Crippen LogP contribution in [0.15, 0.2) is 30.7 Å². The quantitative estimate of drug-likeness (QED) is 0.794. The molecule has 4 rings (SSSR count). The van der Waals surface area contributed by atoms with Crippen molar-refractivity contribution in [1.29, 1.82) is 0 Å². The number of hydrogen-bond donors (Lipinski definition) is 1. The lowest BCUT2D eigenvalue weighted by atomic mass is 9.89. The molecule has 0 saturated carbocycles. The second kappa shape index (κ2) is 6.23. The first-order valence-electron chi connectivity index (χ1n) is 8.46. The number of hydrogen-bond acceptors (Lipinski definition) is 4. The maximum Gasteiger partial charge on any atom is 0.260 e. The van der Waals surface area contributed by atoms with Gasteiger partial charge in [0.15, 0.2) is 0 Å². The number of pyridine rings is 1. The van der Waals surface area contributed by atoms with Gasteiger partial charge in [0, 0.05) is 44.1 Å². The number of likely N-dealkylation sites (tertiary alicyclic amines) is 1. The molecule has 1 aliphatic rings. The van der Waals surface area contributed by atoms with E-state index in [1.807, 2.05) is 11.0 Å². The summed E-state index contributed by atoms with van der Waals surface area (Å²) in [6, 6.07) is 4.07. The van der Waals surface area contributed by atoms with Gasteiger partial charge in [-0.05, 0) is 36.5 Å². The molecule has 0 atom stereocenters. The summed E-state index contributed by atoms with van der Waals surface area (Å²) in [5, 5.41) is 5.35. The number of aryl methyl sites for hydroxylation is 1. The molecule has 1 aliphatic heterocycles. The summed E-state index contributed by atoms with van der Waals surface area (Å²) in [5.74, 6) is 0.819. The molecule has 7 nitrogen and oxygen atoms in total. The fourth-order valence-corrected chi connectivity index (χ4v) is 3.64. The molecule has 1 saturated heterocycles. The van der Waals surface area contributed by atoms with Crippen LogP contribution in [-0.2, 0) is 7.05 Å². The Balaban J connectivity index is 1.49. The second-order valence-electron chi connectivity index (χ2n) is 6.44. The number of amides is 1. The largest absolute Gasteiger partial charge is 0.479 e. The highest BCUT2D eigenvalue weighted by molar-refractivity contribution is 5.96. The van der Waals surface area contributed by atoms with Crippen LogP contribution >= 0.6 is 0 Å². The van der Waals surface area contributed by atoms with E-state index >= 15 is 0 Å². The van der Waals surface area contributed by atoms with Crippen molar-refractivity contribution in [2.45, 2.75) is 18.8 Å². The summed E-state index contributed by atoms with van der Waals surface area (Å²) in [7, 11) is 3.33. The van der Waals surface area contributed by atoms with Crippen molar-refractivity contribution >= 4 is 16.9 Å². The minimum Gasteiger partial charge on any atom is -0.479 e. The number of H-pyrrole nitrogens is 1. The first kappa shape index (κ1) is 15.7. The van der Waals surface area contributed by atoms with Crippen LogP contribution in [-0.4, -0.2) is 50.8 Å². The Bertz CT molecular complexity index is 905. The van der Waals surface area contributed by atoms with E-state index in [1.165, 1.54) is 18.1 Å². The minimum absolute atomic E-state index is 0.0102. The molecule has 7 heteroatoms. The van der Waals surface area contributed by atoms with Crippen LogP contribution in [0.3, 0.4) is 0 Å². The predicted octanol–water partition coefficient (Wildman–Crippen LogP) is 2.32. The summed E-state index contributed by atoms with van der Waals surface area (Å²) in [4.78, 5) is 22.3. The molecule has 130 valence electrons. The van der Waals surface area contributed by atoms with Crippen LogP contribution in [0, 0.1) is 0 Å². The number of carbonyl (C=O) groups is 1. The van der Waals surface area contributed by atoms with Crippen molar-refractivity contribution in [2.24, 2.45) is 7.05 Å². The van der Waals surface area contributed by atoms with E-state index < -0.39 is 0 Å². The lowest BCUT2D eigenvalue weighted by molar-refractivity contribution is 0.0710. The third-order valence-electron chi connectivity index (χ3n) is 4.92. The number of nitrogens with zero attached hydrogens (tertiary/aromatic N) is 4. The lowest BCUT2D eigenvalue weighted by Gasteiger charge is -2.31. The maximum absolute atomic E-state index is 12.8. The van der Waals surface area contributed by atoms with Gasteiger partial charge in [-0.2, -0.15) is 0 Å². The summed E-state index contributed by atoms with van der Waals surface area (Å²) < 4.78 is 6.82. The molecule has 0 aliphatic carbocycles. The van der Waals surface area contributed by atoms with Crippen LogP contribution in [0.1, 0.15) is 34.7 Å². The molecule has 0 bridgehead atoms. The predicted molar refractivity (Wildman–Crippen MR) is 93.7 cm³/mol. The van der Waals surface area contributed by atoms with E-state index in [4.69, 9.17) is 4.74 Å². The number of fused-ring (bicyclic) bond motifs is 1. The van der Waals surface area contributed by atoms with E-state index in [2.05, 4.69) is 27.3 Å². The van der Waals surface area contributed by atoms with Gasteiger partial charge in [0.1, 0.15) is 11.2 Å². The van der Waals surface area contributed by atoms with Gasteiger partial charge in [0.25, 0.3) is 5.91 Å². The molecular formula is C18H21N5O2. The maximum atomic E-state index is 12.8. The van der Waals surface area contributed by atoms with Crippen molar-refractivity contribution in [3.63, 3.8) is 0 Å². The molecule has 1 N–H and O–H groups in total. The lowest BCUT2D eigenvalue weighted by Crippen LogP contribution is -2.37. The van der Waals surface area contributed by atoms with Crippen molar-refractivity contribution in [2.75, 3.05) is 20.2 Å². The molecule has 3 aromatic heterocycles. The van der Waals surface area contributed by atoms with Crippen molar-refractivity contribution in [3.8, 4) is 5.88 Å². The number of rotatable bonds is 3. The molecule has 0 unspecified atom stereocenters. The SMILES string of the molecule is COc1nn(C)cc1C(=O)N1CCC(c2c[nH]c3ncccc23)CC1. The van der Waals surface area contributed by atoms with E-state index in [0.717, 1.165) is 31.6 Å². The number of aromatic nitrogens is 4. The smallest absolute Gasteiger partial charge is 0.260 e. The van der Waals surface area contributed by atoms with Crippen LogP contribution < -0.4 is 4.74 Å². The molecule has 0 spiro atoms.